The van der Waals surface area contributed by atoms with Crippen molar-refractivity contribution < 1.29 is 13.2 Å². The Morgan fingerprint density at radius 3 is 2.30 bits per heavy atom. The smallest absolute Gasteiger partial charge is 0.255 e. The van der Waals surface area contributed by atoms with Gasteiger partial charge in [0.2, 0.25) is 10.0 Å². The van der Waals surface area contributed by atoms with E-state index < -0.39 is 10.0 Å². The number of benzene rings is 2. The third-order valence-electron chi connectivity index (χ3n) is 6.15. The maximum atomic E-state index is 13.1. The van der Waals surface area contributed by atoms with Gasteiger partial charge in [-0.25, -0.2) is 13.1 Å². The van der Waals surface area contributed by atoms with Crippen molar-refractivity contribution in [3.8, 4) is 0 Å². The first-order valence-corrected chi connectivity index (χ1v) is 12.2. The van der Waals surface area contributed by atoms with Crippen molar-refractivity contribution in [2.75, 3.05) is 5.32 Å². The minimum atomic E-state index is -3.63. The van der Waals surface area contributed by atoms with Crippen molar-refractivity contribution in [3.05, 3.63) is 58.7 Å². The molecule has 0 heterocycles. The van der Waals surface area contributed by atoms with E-state index in [1.54, 1.807) is 25.1 Å². The third-order valence-corrected chi connectivity index (χ3v) is 7.85. The number of hydrogen-bond acceptors (Lipinski definition) is 3. The van der Waals surface area contributed by atoms with Crippen LogP contribution in [0.5, 0.6) is 0 Å². The lowest BCUT2D eigenvalue weighted by Crippen LogP contribution is -2.39. The molecule has 6 heteroatoms. The molecule has 0 saturated heterocycles. The minimum absolute atomic E-state index is 0.0876. The highest BCUT2D eigenvalue weighted by Gasteiger charge is 2.26. The molecule has 162 valence electrons. The van der Waals surface area contributed by atoms with Gasteiger partial charge in [0.15, 0.2) is 0 Å². The quantitative estimate of drug-likeness (QED) is 0.671. The molecule has 0 aromatic heterocycles. The molecular weight excluding hydrogens is 396 g/mol. The first-order chi connectivity index (χ1) is 14.2. The van der Waals surface area contributed by atoms with Crippen LogP contribution in [0.3, 0.4) is 0 Å². The molecule has 2 aromatic rings. The lowest BCUT2D eigenvalue weighted by atomic mass is 9.85. The van der Waals surface area contributed by atoms with Crippen LogP contribution < -0.4 is 10.0 Å². The van der Waals surface area contributed by atoms with E-state index in [1.165, 1.54) is 19.3 Å². The van der Waals surface area contributed by atoms with E-state index in [2.05, 4.69) is 10.0 Å². The highest BCUT2D eigenvalue weighted by Crippen LogP contribution is 2.29. The molecular formula is C24H32N2O3S. The van der Waals surface area contributed by atoms with Crippen molar-refractivity contribution in [2.45, 2.75) is 70.7 Å². The largest absolute Gasteiger partial charge is 0.322 e. The summed E-state index contributed by atoms with van der Waals surface area (Å²) in [5, 5.41) is 2.93. The van der Waals surface area contributed by atoms with E-state index in [1.807, 2.05) is 39.0 Å². The summed E-state index contributed by atoms with van der Waals surface area (Å²) >= 11 is 0. The molecule has 1 saturated carbocycles. The first-order valence-electron chi connectivity index (χ1n) is 10.7. The molecule has 1 amide bonds. The zero-order chi connectivity index (χ0) is 21.9. The summed E-state index contributed by atoms with van der Waals surface area (Å²) in [5.74, 6) is 0.192. The molecule has 3 rings (SSSR count). The predicted octanol–water partition coefficient (Wildman–Crippen LogP) is 5.11. The average molecular weight is 429 g/mol. The maximum Gasteiger partial charge on any atom is 0.255 e. The predicted molar refractivity (Wildman–Crippen MR) is 121 cm³/mol. The van der Waals surface area contributed by atoms with Gasteiger partial charge in [0, 0.05) is 17.3 Å². The highest BCUT2D eigenvalue weighted by molar-refractivity contribution is 7.89. The molecule has 0 bridgehead atoms. The number of carbonyl (C=O) groups excluding carboxylic acids is 1. The fraction of sp³-hybridized carbons (Fsp3) is 0.458. The normalized spacial score (nSPS) is 16.3. The van der Waals surface area contributed by atoms with Gasteiger partial charge >= 0.3 is 0 Å². The number of aryl methyl sites for hydroxylation is 3. The Labute approximate surface area is 180 Å². The van der Waals surface area contributed by atoms with E-state index in [4.69, 9.17) is 0 Å². The Morgan fingerprint density at radius 2 is 1.63 bits per heavy atom. The van der Waals surface area contributed by atoms with Crippen LogP contribution in [-0.4, -0.2) is 20.4 Å². The molecule has 5 nitrogen and oxygen atoms in total. The number of nitrogens with one attached hydrogen (secondary N) is 2. The van der Waals surface area contributed by atoms with Crippen LogP contribution >= 0.6 is 0 Å². The van der Waals surface area contributed by atoms with Crippen molar-refractivity contribution >= 4 is 21.6 Å². The van der Waals surface area contributed by atoms with Gasteiger partial charge in [0.25, 0.3) is 5.91 Å². The molecule has 30 heavy (non-hydrogen) atoms. The third kappa shape index (κ3) is 5.10. The Hall–Kier alpha value is -2.18. The second kappa shape index (κ2) is 9.31. The Balaban J connectivity index is 1.79. The molecule has 2 aromatic carbocycles. The summed E-state index contributed by atoms with van der Waals surface area (Å²) < 4.78 is 29.0. The monoisotopic (exact) mass is 428 g/mol. The molecule has 0 unspecified atom stereocenters. The van der Waals surface area contributed by atoms with Crippen LogP contribution in [0, 0.1) is 26.7 Å². The molecule has 0 radical (unpaired) electrons. The van der Waals surface area contributed by atoms with Gasteiger partial charge in [-0.15, -0.1) is 0 Å². The lowest BCUT2D eigenvalue weighted by molar-refractivity contribution is 0.102. The van der Waals surface area contributed by atoms with E-state index >= 15 is 0 Å². The van der Waals surface area contributed by atoms with Crippen LogP contribution in [0.4, 0.5) is 5.69 Å². The topological polar surface area (TPSA) is 75.3 Å². The fourth-order valence-electron chi connectivity index (χ4n) is 4.27. The zero-order valence-corrected chi connectivity index (χ0v) is 19.1. The number of hydrogen-bond donors (Lipinski definition) is 2. The van der Waals surface area contributed by atoms with E-state index in [0.29, 0.717) is 28.3 Å². The number of sulfonamides is 1. The van der Waals surface area contributed by atoms with Crippen LogP contribution in [0.15, 0.2) is 41.3 Å². The van der Waals surface area contributed by atoms with Gasteiger partial charge in [-0.1, -0.05) is 37.5 Å². The van der Waals surface area contributed by atoms with Crippen molar-refractivity contribution in [2.24, 2.45) is 5.92 Å². The maximum absolute atomic E-state index is 13.1. The summed E-state index contributed by atoms with van der Waals surface area (Å²) in [6.45, 7) is 7.44. The Morgan fingerprint density at radius 1 is 0.967 bits per heavy atom. The second-order valence-electron chi connectivity index (χ2n) is 8.51. The summed E-state index contributed by atoms with van der Waals surface area (Å²) in [6, 6.07) is 10.7. The van der Waals surface area contributed by atoms with Crippen LogP contribution in [-0.2, 0) is 10.0 Å². The Bertz CT molecular complexity index is 1020. The van der Waals surface area contributed by atoms with Crippen molar-refractivity contribution in [1.29, 1.82) is 0 Å². The van der Waals surface area contributed by atoms with Crippen LogP contribution in [0.25, 0.3) is 0 Å². The average Bonchev–Trinajstić information content (AvgIpc) is 2.71. The molecule has 0 spiro atoms. The van der Waals surface area contributed by atoms with Gasteiger partial charge in [-0.2, -0.15) is 0 Å². The zero-order valence-electron chi connectivity index (χ0n) is 18.3. The molecule has 2 N–H and O–H groups in total. The van der Waals surface area contributed by atoms with Crippen LogP contribution in [0.1, 0.15) is 66.1 Å². The second-order valence-corrected chi connectivity index (χ2v) is 10.2. The van der Waals surface area contributed by atoms with E-state index in [-0.39, 0.29) is 16.8 Å². The van der Waals surface area contributed by atoms with E-state index in [9.17, 15) is 13.2 Å². The molecule has 1 atom stereocenters. The molecule has 1 aliphatic rings. The summed E-state index contributed by atoms with van der Waals surface area (Å²) in [4.78, 5) is 12.9. The fourth-order valence-corrected chi connectivity index (χ4v) is 5.89. The van der Waals surface area contributed by atoms with E-state index in [0.717, 1.165) is 18.4 Å². The minimum Gasteiger partial charge on any atom is -0.322 e. The summed E-state index contributed by atoms with van der Waals surface area (Å²) in [6.07, 6.45) is 5.73. The standard InChI is InChI=1S/C24H32N2O3S/c1-16-10-8-9-13-21(16)24(27)25-22-14-18(3)23(15-17(22)2)30(28,29)26-19(4)20-11-6-5-7-12-20/h8-10,13-15,19-20,26H,5-7,11-12H2,1-4H3,(H,25,27)/t19-/m1/s1. The van der Waals surface area contributed by atoms with Gasteiger partial charge < -0.3 is 5.32 Å². The number of carbonyl (C=O) groups is 1. The van der Waals surface area contributed by atoms with Crippen LogP contribution in [0.2, 0.25) is 0 Å². The van der Waals surface area contributed by atoms with Gasteiger partial charge in [0.1, 0.15) is 0 Å². The molecule has 0 aliphatic heterocycles. The SMILES string of the molecule is Cc1cc(S(=O)(=O)N[C@H](C)C2CCCCC2)c(C)cc1NC(=O)c1ccccc1C. The van der Waals surface area contributed by atoms with Crippen molar-refractivity contribution in [1.82, 2.24) is 4.72 Å². The molecule has 1 aliphatic carbocycles. The van der Waals surface area contributed by atoms with Gasteiger partial charge in [-0.3, -0.25) is 4.79 Å². The van der Waals surface area contributed by atoms with Crippen molar-refractivity contribution in [3.63, 3.8) is 0 Å². The first kappa shape index (κ1) is 22.5. The number of rotatable bonds is 6. The lowest BCUT2D eigenvalue weighted by Gasteiger charge is -2.28. The molecule has 1 fully saturated rings. The van der Waals surface area contributed by atoms with Gasteiger partial charge in [0.05, 0.1) is 4.90 Å². The van der Waals surface area contributed by atoms with Gasteiger partial charge in [-0.05, 0) is 81.3 Å². The Kier molecular flexibility index (Phi) is 6.98. The number of amides is 1. The summed E-state index contributed by atoms with van der Waals surface area (Å²) in [5.41, 5.74) is 3.45. The number of anilines is 1. The summed E-state index contributed by atoms with van der Waals surface area (Å²) in [7, 11) is -3.63. The highest BCUT2D eigenvalue weighted by atomic mass is 32.2.